The molecule has 1 aromatic heterocycles. The van der Waals surface area contributed by atoms with E-state index in [2.05, 4.69) is 43.9 Å². The molecule has 108 valence electrons. The molecule has 2 rings (SSSR count). The Labute approximate surface area is 124 Å². The van der Waals surface area contributed by atoms with Gasteiger partial charge in [-0.2, -0.15) is 0 Å². The molecule has 0 atom stereocenters. The van der Waals surface area contributed by atoms with Crippen molar-refractivity contribution in [2.75, 3.05) is 11.9 Å². The Morgan fingerprint density at radius 2 is 1.85 bits per heavy atom. The van der Waals surface area contributed by atoms with Crippen LogP contribution in [0.15, 0.2) is 18.2 Å². The van der Waals surface area contributed by atoms with Gasteiger partial charge in [-0.25, -0.2) is 4.98 Å². The molecule has 1 N–H and O–H groups in total. The van der Waals surface area contributed by atoms with Gasteiger partial charge in [-0.3, -0.25) is 0 Å². The van der Waals surface area contributed by atoms with Crippen LogP contribution in [0.25, 0.3) is 0 Å². The van der Waals surface area contributed by atoms with E-state index in [1.54, 1.807) is 11.3 Å². The molecule has 0 spiro atoms. The van der Waals surface area contributed by atoms with E-state index in [1.807, 2.05) is 7.05 Å². The fraction of sp³-hybridized carbons (Fsp3) is 0.438. The van der Waals surface area contributed by atoms with Crippen molar-refractivity contribution in [3.8, 4) is 0 Å². The molecule has 0 aliphatic rings. The largest absolute Gasteiger partial charge is 0.391 e. The Balaban J connectivity index is 2.34. The first-order valence-corrected chi connectivity index (χ1v) is 7.78. The number of thiazole rings is 1. The molecule has 0 saturated carbocycles. The van der Waals surface area contributed by atoms with E-state index in [9.17, 15) is 5.11 Å². The molecule has 4 heteroatoms. The highest BCUT2D eigenvalue weighted by atomic mass is 32.1. The van der Waals surface area contributed by atoms with Gasteiger partial charge in [0.1, 0.15) is 0 Å². The molecule has 0 radical (unpaired) electrons. The minimum atomic E-state index is 0.0771. The summed E-state index contributed by atoms with van der Waals surface area (Å²) >= 11 is 1.58. The van der Waals surface area contributed by atoms with Gasteiger partial charge in [-0.1, -0.05) is 30.7 Å². The minimum absolute atomic E-state index is 0.0771. The fourth-order valence-corrected chi connectivity index (χ4v) is 3.27. The molecule has 0 amide bonds. The van der Waals surface area contributed by atoms with Gasteiger partial charge >= 0.3 is 0 Å². The Hall–Kier alpha value is -1.39. The first kappa shape index (κ1) is 15.0. The smallest absolute Gasteiger partial charge is 0.190 e. The molecule has 0 fully saturated rings. The average Bonchev–Trinajstić information content (AvgIpc) is 2.80. The standard InChI is InChI=1S/C16H22N2OS/c1-5-6-14-15(10-19)20-16(17-14)18(4)13-8-11(2)7-12(3)9-13/h7-9,19H,5-6,10H2,1-4H3. The van der Waals surface area contributed by atoms with Crippen molar-refractivity contribution in [1.82, 2.24) is 4.98 Å². The first-order chi connectivity index (χ1) is 9.55. The summed E-state index contributed by atoms with van der Waals surface area (Å²) in [5.41, 5.74) is 4.68. The van der Waals surface area contributed by atoms with Crippen LogP contribution in [0.4, 0.5) is 10.8 Å². The quantitative estimate of drug-likeness (QED) is 0.905. The second-order valence-electron chi connectivity index (χ2n) is 5.18. The third-order valence-corrected chi connectivity index (χ3v) is 4.44. The summed E-state index contributed by atoms with van der Waals surface area (Å²) in [6.07, 6.45) is 1.97. The van der Waals surface area contributed by atoms with Crippen molar-refractivity contribution in [1.29, 1.82) is 0 Å². The number of benzene rings is 1. The number of hydrogen-bond acceptors (Lipinski definition) is 4. The lowest BCUT2D eigenvalue weighted by molar-refractivity contribution is 0.284. The summed E-state index contributed by atoms with van der Waals surface area (Å²) in [6, 6.07) is 6.49. The summed E-state index contributed by atoms with van der Waals surface area (Å²) in [5, 5.41) is 10.4. The van der Waals surface area contributed by atoms with E-state index in [1.165, 1.54) is 11.1 Å². The maximum Gasteiger partial charge on any atom is 0.190 e. The lowest BCUT2D eigenvalue weighted by Crippen LogP contribution is -2.09. The van der Waals surface area contributed by atoms with Crippen LogP contribution >= 0.6 is 11.3 Å². The third-order valence-electron chi connectivity index (χ3n) is 3.28. The van der Waals surface area contributed by atoms with Crippen LogP contribution < -0.4 is 4.90 Å². The highest BCUT2D eigenvalue weighted by molar-refractivity contribution is 7.15. The van der Waals surface area contributed by atoms with Gasteiger partial charge in [-0.05, 0) is 43.5 Å². The van der Waals surface area contributed by atoms with Crippen LogP contribution in [0.1, 0.15) is 35.0 Å². The Bertz CT molecular complexity index is 572. The molecule has 2 aromatic rings. The summed E-state index contributed by atoms with van der Waals surface area (Å²) < 4.78 is 0. The fourth-order valence-electron chi connectivity index (χ4n) is 2.32. The van der Waals surface area contributed by atoms with Crippen LogP contribution in [0.5, 0.6) is 0 Å². The summed E-state index contributed by atoms with van der Waals surface area (Å²) in [4.78, 5) is 7.78. The van der Waals surface area contributed by atoms with Crippen molar-refractivity contribution in [2.24, 2.45) is 0 Å². The normalized spacial score (nSPS) is 10.8. The Kier molecular flexibility index (Phi) is 4.78. The van der Waals surface area contributed by atoms with Crippen molar-refractivity contribution >= 4 is 22.2 Å². The number of aliphatic hydroxyl groups is 1. The van der Waals surface area contributed by atoms with E-state index in [4.69, 9.17) is 4.98 Å². The van der Waals surface area contributed by atoms with Crippen LogP contribution in [-0.2, 0) is 13.0 Å². The molecule has 20 heavy (non-hydrogen) atoms. The zero-order chi connectivity index (χ0) is 14.7. The Morgan fingerprint density at radius 3 is 2.40 bits per heavy atom. The molecular weight excluding hydrogens is 268 g/mol. The zero-order valence-corrected chi connectivity index (χ0v) is 13.4. The topological polar surface area (TPSA) is 36.4 Å². The third kappa shape index (κ3) is 3.19. The highest BCUT2D eigenvalue weighted by Gasteiger charge is 2.14. The van der Waals surface area contributed by atoms with E-state index in [-0.39, 0.29) is 6.61 Å². The number of aromatic nitrogens is 1. The predicted molar refractivity (Wildman–Crippen MR) is 86.0 cm³/mol. The average molecular weight is 290 g/mol. The molecule has 0 aliphatic heterocycles. The molecule has 0 bridgehead atoms. The van der Waals surface area contributed by atoms with Crippen molar-refractivity contribution in [3.63, 3.8) is 0 Å². The Morgan fingerprint density at radius 1 is 1.20 bits per heavy atom. The number of aliphatic hydroxyl groups excluding tert-OH is 1. The second kappa shape index (κ2) is 6.37. The van der Waals surface area contributed by atoms with Crippen molar-refractivity contribution in [3.05, 3.63) is 39.9 Å². The van der Waals surface area contributed by atoms with Crippen molar-refractivity contribution in [2.45, 2.75) is 40.2 Å². The highest BCUT2D eigenvalue weighted by Crippen LogP contribution is 2.32. The zero-order valence-electron chi connectivity index (χ0n) is 12.6. The van der Waals surface area contributed by atoms with Crippen LogP contribution in [0.3, 0.4) is 0 Å². The SMILES string of the molecule is CCCc1nc(N(C)c2cc(C)cc(C)c2)sc1CO. The van der Waals surface area contributed by atoms with E-state index in [0.717, 1.165) is 34.2 Å². The number of nitrogens with zero attached hydrogens (tertiary/aromatic N) is 2. The van der Waals surface area contributed by atoms with Gasteiger partial charge < -0.3 is 10.0 Å². The van der Waals surface area contributed by atoms with Crippen molar-refractivity contribution < 1.29 is 5.11 Å². The first-order valence-electron chi connectivity index (χ1n) is 6.96. The lowest BCUT2D eigenvalue weighted by Gasteiger charge is -2.17. The van der Waals surface area contributed by atoms with Gasteiger partial charge in [0.25, 0.3) is 0 Å². The summed E-state index contributed by atoms with van der Waals surface area (Å²) in [5.74, 6) is 0. The van der Waals surface area contributed by atoms with Gasteiger partial charge in [-0.15, -0.1) is 0 Å². The molecule has 0 saturated heterocycles. The minimum Gasteiger partial charge on any atom is -0.391 e. The van der Waals surface area contributed by atoms with Gasteiger partial charge in [0.2, 0.25) is 0 Å². The summed E-state index contributed by atoms with van der Waals surface area (Å²) in [6.45, 7) is 6.42. The van der Waals surface area contributed by atoms with Gasteiger partial charge in [0.05, 0.1) is 17.2 Å². The van der Waals surface area contributed by atoms with Crippen LogP contribution in [0, 0.1) is 13.8 Å². The summed E-state index contributed by atoms with van der Waals surface area (Å²) in [7, 11) is 2.03. The van der Waals surface area contributed by atoms with Crippen LogP contribution in [-0.4, -0.2) is 17.1 Å². The number of rotatable bonds is 5. The maximum absolute atomic E-state index is 9.45. The van der Waals surface area contributed by atoms with E-state index >= 15 is 0 Å². The van der Waals surface area contributed by atoms with Crippen LogP contribution in [0.2, 0.25) is 0 Å². The van der Waals surface area contributed by atoms with Gasteiger partial charge in [0.15, 0.2) is 5.13 Å². The molecule has 3 nitrogen and oxygen atoms in total. The lowest BCUT2D eigenvalue weighted by atomic mass is 10.1. The monoisotopic (exact) mass is 290 g/mol. The second-order valence-corrected chi connectivity index (χ2v) is 6.24. The molecule has 0 aliphatic carbocycles. The number of anilines is 2. The predicted octanol–water partition coefficient (Wildman–Crippen LogP) is 3.97. The number of aryl methyl sites for hydroxylation is 3. The number of hydrogen-bond donors (Lipinski definition) is 1. The molecule has 1 heterocycles. The van der Waals surface area contributed by atoms with E-state index < -0.39 is 0 Å². The van der Waals surface area contributed by atoms with E-state index in [0.29, 0.717) is 0 Å². The molecular formula is C16H22N2OS. The van der Waals surface area contributed by atoms with Gasteiger partial charge in [0, 0.05) is 12.7 Å². The molecule has 0 unspecified atom stereocenters. The molecule has 1 aromatic carbocycles. The maximum atomic E-state index is 9.45.